The van der Waals surface area contributed by atoms with Gasteiger partial charge in [0.1, 0.15) is 0 Å². The molecule has 0 fully saturated rings. The first-order chi connectivity index (χ1) is 10.1. The first kappa shape index (κ1) is 14.9. The van der Waals surface area contributed by atoms with Gasteiger partial charge in [-0.3, -0.25) is 0 Å². The minimum Gasteiger partial charge on any atom is -0.478 e. The molecule has 21 heavy (non-hydrogen) atoms. The molecule has 2 rings (SSSR count). The van der Waals surface area contributed by atoms with Gasteiger partial charge < -0.3 is 16.2 Å². The summed E-state index contributed by atoms with van der Waals surface area (Å²) in [5.74, 6) is -0.989. The highest BCUT2D eigenvalue weighted by Gasteiger charge is 2.15. The summed E-state index contributed by atoms with van der Waals surface area (Å²) in [6.45, 7) is 4.15. The smallest absolute Gasteiger partial charge is 0.337 e. The Morgan fingerprint density at radius 2 is 1.62 bits per heavy atom. The molecule has 0 aliphatic carbocycles. The van der Waals surface area contributed by atoms with Gasteiger partial charge in [-0.25, -0.2) is 4.79 Å². The van der Waals surface area contributed by atoms with Crippen molar-refractivity contribution in [3.63, 3.8) is 0 Å². The van der Waals surface area contributed by atoms with Crippen molar-refractivity contribution in [1.29, 1.82) is 0 Å². The molecule has 0 spiro atoms. The number of rotatable bonds is 5. The standard InChI is InChI=1S/C17H20N2O2/c1-3-11-7-5-8-12(4-2)15(11)19-16-13(17(20)21)9-6-10-14(16)18/h5-10,19H,3-4,18H2,1-2H3,(H,20,21). The fourth-order valence-electron chi connectivity index (χ4n) is 2.42. The number of aromatic carboxylic acids is 1. The number of nitrogen functional groups attached to an aromatic ring is 1. The number of nitrogens with one attached hydrogen (secondary N) is 1. The molecule has 0 aliphatic heterocycles. The molecule has 0 radical (unpaired) electrons. The Balaban J connectivity index is 2.55. The maximum atomic E-state index is 11.4. The van der Waals surface area contributed by atoms with Gasteiger partial charge in [0.25, 0.3) is 0 Å². The number of hydrogen-bond acceptors (Lipinski definition) is 3. The van der Waals surface area contributed by atoms with E-state index in [1.54, 1.807) is 18.2 Å². The van der Waals surface area contributed by atoms with Crippen molar-refractivity contribution in [2.24, 2.45) is 0 Å². The van der Waals surface area contributed by atoms with E-state index in [0.29, 0.717) is 11.4 Å². The maximum absolute atomic E-state index is 11.4. The highest BCUT2D eigenvalue weighted by atomic mass is 16.4. The lowest BCUT2D eigenvalue weighted by Gasteiger charge is -2.18. The second kappa shape index (κ2) is 6.31. The van der Waals surface area contributed by atoms with E-state index in [4.69, 9.17) is 5.73 Å². The molecule has 0 heterocycles. The number of carboxylic acids is 1. The Hall–Kier alpha value is -2.49. The molecule has 0 unspecified atom stereocenters. The molecule has 0 saturated carbocycles. The Morgan fingerprint density at radius 1 is 1.05 bits per heavy atom. The quantitative estimate of drug-likeness (QED) is 0.729. The monoisotopic (exact) mass is 284 g/mol. The van der Waals surface area contributed by atoms with E-state index in [0.717, 1.165) is 29.7 Å². The summed E-state index contributed by atoms with van der Waals surface area (Å²) in [6, 6.07) is 11.0. The first-order valence-electron chi connectivity index (χ1n) is 7.08. The van der Waals surface area contributed by atoms with E-state index in [2.05, 4.69) is 19.2 Å². The molecular formula is C17H20N2O2. The van der Waals surface area contributed by atoms with E-state index in [-0.39, 0.29) is 5.56 Å². The Bertz CT molecular complexity index is 644. The highest BCUT2D eigenvalue weighted by molar-refractivity contribution is 5.99. The number of aryl methyl sites for hydroxylation is 2. The minimum atomic E-state index is -0.989. The summed E-state index contributed by atoms with van der Waals surface area (Å²) in [5, 5.41) is 12.6. The van der Waals surface area contributed by atoms with Crippen LogP contribution in [0.2, 0.25) is 0 Å². The summed E-state index contributed by atoms with van der Waals surface area (Å²) in [7, 11) is 0. The second-order valence-electron chi connectivity index (χ2n) is 4.86. The van der Waals surface area contributed by atoms with Crippen molar-refractivity contribution >= 4 is 23.0 Å². The third-order valence-electron chi connectivity index (χ3n) is 3.58. The van der Waals surface area contributed by atoms with Crippen molar-refractivity contribution < 1.29 is 9.90 Å². The van der Waals surface area contributed by atoms with Crippen molar-refractivity contribution in [3.8, 4) is 0 Å². The number of benzene rings is 2. The maximum Gasteiger partial charge on any atom is 0.337 e. The normalized spacial score (nSPS) is 10.4. The van der Waals surface area contributed by atoms with Gasteiger partial charge in [0, 0.05) is 5.69 Å². The number of carboxylic acid groups (broad SMARTS) is 1. The van der Waals surface area contributed by atoms with Crippen molar-refractivity contribution in [2.75, 3.05) is 11.1 Å². The molecule has 4 N–H and O–H groups in total. The van der Waals surface area contributed by atoms with Gasteiger partial charge in [0.15, 0.2) is 0 Å². The average Bonchev–Trinajstić information content (AvgIpc) is 2.49. The molecule has 0 amide bonds. The van der Waals surface area contributed by atoms with Gasteiger partial charge in [-0.15, -0.1) is 0 Å². The van der Waals surface area contributed by atoms with Crippen LogP contribution < -0.4 is 11.1 Å². The van der Waals surface area contributed by atoms with Crippen LogP contribution in [-0.4, -0.2) is 11.1 Å². The van der Waals surface area contributed by atoms with Crippen LogP contribution in [0.4, 0.5) is 17.1 Å². The molecule has 0 bridgehead atoms. The molecule has 4 heteroatoms. The van der Waals surface area contributed by atoms with E-state index < -0.39 is 5.97 Å². The van der Waals surface area contributed by atoms with Crippen molar-refractivity contribution in [1.82, 2.24) is 0 Å². The van der Waals surface area contributed by atoms with Crippen LogP contribution in [0.25, 0.3) is 0 Å². The molecule has 110 valence electrons. The van der Waals surface area contributed by atoms with Gasteiger partial charge in [0.05, 0.1) is 16.9 Å². The summed E-state index contributed by atoms with van der Waals surface area (Å²) in [5.41, 5.74) is 10.3. The van der Waals surface area contributed by atoms with Gasteiger partial charge in [-0.05, 0) is 36.1 Å². The minimum absolute atomic E-state index is 0.183. The number of nitrogens with two attached hydrogens (primary N) is 1. The Morgan fingerprint density at radius 3 is 2.14 bits per heavy atom. The second-order valence-corrected chi connectivity index (χ2v) is 4.86. The third kappa shape index (κ3) is 2.99. The predicted molar refractivity (Wildman–Crippen MR) is 86.3 cm³/mol. The van der Waals surface area contributed by atoms with E-state index in [1.165, 1.54) is 0 Å². The van der Waals surface area contributed by atoms with Crippen molar-refractivity contribution in [3.05, 3.63) is 53.1 Å². The summed E-state index contributed by atoms with van der Waals surface area (Å²) in [4.78, 5) is 11.4. The molecule has 4 nitrogen and oxygen atoms in total. The van der Waals surface area contributed by atoms with E-state index >= 15 is 0 Å². The Kier molecular flexibility index (Phi) is 4.48. The third-order valence-corrected chi connectivity index (χ3v) is 3.58. The predicted octanol–water partition coefficient (Wildman–Crippen LogP) is 3.84. The summed E-state index contributed by atoms with van der Waals surface area (Å²) < 4.78 is 0. The summed E-state index contributed by atoms with van der Waals surface area (Å²) in [6.07, 6.45) is 1.73. The van der Waals surface area contributed by atoms with Gasteiger partial charge in [0.2, 0.25) is 0 Å². The van der Waals surface area contributed by atoms with Gasteiger partial charge in [-0.1, -0.05) is 38.1 Å². The molecule has 2 aromatic carbocycles. The fourth-order valence-corrected chi connectivity index (χ4v) is 2.42. The Labute approximate surface area is 124 Å². The number of hydrogen-bond donors (Lipinski definition) is 3. The lowest BCUT2D eigenvalue weighted by Crippen LogP contribution is -2.08. The lowest BCUT2D eigenvalue weighted by molar-refractivity contribution is 0.0698. The molecule has 0 atom stereocenters. The van der Waals surface area contributed by atoms with Crippen LogP contribution in [0.15, 0.2) is 36.4 Å². The fraction of sp³-hybridized carbons (Fsp3) is 0.235. The molecule has 0 saturated heterocycles. The molecule has 2 aromatic rings. The van der Waals surface area contributed by atoms with Crippen molar-refractivity contribution in [2.45, 2.75) is 26.7 Å². The number of anilines is 3. The van der Waals surface area contributed by atoms with Gasteiger partial charge in [-0.2, -0.15) is 0 Å². The average molecular weight is 284 g/mol. The van der Waals surface area contributed by atoms with Crippen LogP contribution in [0.5, 0.6) is 0 Å². The SMILES string of the molecule is CCc1cccc(CC)c1Nc1c(N)cccc1C(=O)O. The van der Waals surface area contributed by atoms with Crippen LogP contribution >= 0.6 is 0 Å². The number of para-hydroxylation sites is 2. The van der Waals surface area contributed by atoms with E-state index in [9.17, 15) is 9.90 Å². The van der Waals surface area contributed by atoms with Gasteiger partial charge >= 0.3 is 5.97 Å². The zero-order chi connectivity index (χ0) is 15.4. The molecular weight excluding hydrogens is 264 g/mol. The topological polar surface area (TPSA) is 75.3 Å². The van der Waals surface area contributed by atoms with Crippen LogP contribution in [0.3, 0.4) is 0 Å². The summed E-state index contributed by atoms with van der Waals surface area (Å²) >= 11 is 0. The highest BCUT2D eigenvalue weighted by Crippen LogP contribution is 2.31. The largest absolute Gasteiger partial charge is 0.478 e. The van der Waals surface area contributed by atoms with Crippen LogP contribution in [0.1, 0.15) is 35.3 Å². The zero-order valence-corrected chi connectivity index (χ0v) is 12.3. The first-order valence-corrected chi connectivity index (χ1v) is 7.08. The number of carbonyl (C=O) groups is 1. The molecule has 0 aliphatic rings. The van der Waals surface area contributed by atoms with Crippen LogP contribution in [-0.2, 0) is 12.8 Å². The zero-order valence-electron chi connectivity index (χ0n) is 12.3. The van der Waals surface area contributed by atoms with E-state index in [1.807, 2.05) is 18.2 Å². The van der Waals surface area contributed by atoms with Crippen LogP contribution in [0, 0.1) is 0 Å². The molecule has 0 aromatic heterocycles. The lowest BCUT2D eigenvalue weighted by atomic mass is 10.0.